The molecule has 1 aliphatic heterocycles. The minimum absolute atomic E-state index is 0.00551. The minimum atomic E-state index is -0.100. The zero-order chi connectivity index (χ0) is 21.1. The number of benzene rings is 1. The number of thiophene rings is 1. The topological polar surface area (TPSA) is 86.9 Å². The molecule has 1 saturated heterocycles. The maximum atomic E-state index is 13.2. The van der Waals surface area contributed by atoms with Gasteiger partial charge in [0.15, 0.2) is 11.5 Å². The molecule has 8 nitrogen and oxygen atoms in total. The smallest absolute Gasteiger partial charge is 0.257 e. The van der Waals surface area contributed by atoms with Gasteiger partial charge in [0, 0.05) is 18.7 Å². The standard InChI is InChI=1S/C21H23N3O5S/c1-26-15-10-14(11-16(27-2)18(15)28-3)21(25)24-8-4-6-13(12-24)19-22-23-20(29-19)17-7-5-9-30-17/h5,7,9-11,13H,4,6,8,12H2,1-3H3/t13-/m1/s1. The number of aromatic nitrogens is 2. The second-order valence-electron chi connectivity index (χ2n) is 6.93. The normalized spacial score (nSPS) is 16.4. The van der Waals surface area contributed by atoms with Crippen molar-refractivity contribution in [2.24, 2.45) is 0 Å². The lowest BCUT2D eigenvalue weighted by molar-refractivity contribution is 0.0697. The van der Waals surface area contributed by atoms with E-state index in [1.165, 1.54) is 21.3 Å². The van der Waals surface area contributed by atoms with Crippen LogP contribution < -0.4 is 14.2 Å². The molecule has 30 heavy (non-hydrogen) atoms. The van der Waals surface area contributed by atoms with Gasteiger partial charge in [-0.15, -0.1) is 21.5 Å². The lowest BCUT2D eigenvalue weighted by Crippen LogP contribution is -2.39. The molecule has 3 aromatic rings. The van der Waals surface area contributed by atoms with Crippen molar-refractivity contribution in [3.8, 4) is 28.0 Å². The molecule has 2 aromatic heterocycles. The van der Waals surface area contributed by atoms with Gasteiger partial charge in [-0.05, 0) is 36.4 Å². The number of likely N-dealkylation sites (tertiary alicyclic amines) is 1. The molecule has 158 valence electrons. The predicted molar refractivity (Wildman–Crippen MR) is 112 cm³/mol. The summed E-state index contributed by atoms with van der Waals surface area (Å²) in [5.41, 5.74) is 0.481. The summed E-state index contributed by atoms with van der Waals surface area (Å²) in [4.78, 5) is 16.0. The highest BCUT2D eigenvalue weighted by Gasteiger charge is 2.30. The van der Waals surface area contributed by atoms with E-state index in [0.29, 0.717) is 47.7 Å². The van der Waals surface area contributed by atoms with Gasteiger partial charge in [0.1, 0.15) is 0 Å². The number of nitrogens with zero attached hydrogens (tertiary/aromatic N) is 3. The van der Waals surface area contributed by atoms with E-state index in [2.05, 4.69) is 10.2 Å². The summed E-state index contributed by atoms with van der Waals surface area (Å²) in [7, 11) is 4.60. The van der Waals surface area contributed by atoms with Crippen LogP contribution in [0.15, 0.2) is 34.1 Å². The SMILES string of the molecule is COc1cc(C(=O)N2CCC[C@@H](c3nnc(-c4cccs4)o3)C2)cc(OC)c1OC. The van der Waals surface area contributed by atoms with Crippen molar-refractivity contribution in [2.45, 2.75) is 18.8 Å². The van der Waals surface area contributed by atoms with E-state index in [4.69, 9.17) is 18.6 Å². The summed E-state index contributed by atoms with van der Waals surface area (Å²) in [5, 5.41) is 10.4. The zero-order valence-electron chi connectivity index (χ0n) is 17.1. The number of ether oxygens (including phenoxy) is 3. The molecule has 0 aliphatic carbocycles. The Balaban J connectivity index is 1.54. The van der Waals surface area contributed by atoms with Crippen molar-refractivity contribution in [3.63, 3.8) is 0 Å². The maximum Gasteiger partial charge on any atom is 0.257 e. The average Bonchev–Trinajstić information content (AvgIpc) is 3.49. The van der Waals surface area contributed by atoms with Crippen LogP contribution in [-0.2, 0) is 0 Å². The van der Waals surface area contributed by atoms with E-state index in [9.17, 15) is 4.79 Å². The minimum Gasteiger partial charge on any atom is -0.493 e. The Morgan fingerprint density at radius 2 is 1.93 bits per heavy atom. The predicted octanol–water partition coefficient (Wildman–Crippen LogP) is 3.84. The van der Waals surface area contributed by atoms with Crippen LogP contribution in [0.25, 0.3) is 10.8 Å². The first kappa shape index (κ1) is 20.2. The lowest BCUT2D eigenvalue weighted by atomic mass is 9.97. The van der Waals surface area contributed by atoms with Crippen LogP contribution in [0.4, 0.5) is 0 Å². The van der Waals surface area contributed by atoms with Gasteiger partial charge < -0.3 is 23.5 Å². The van der Waals surface area contributed by atoms with Crippen LogP contribution in [0, 0.1) is 0 Å². The molecule has 0 spiro atoms. The third kappa shape index (κ3) is 3.85. The van der Waals surface area contributed by atoms with Crippen molar-refractivity contribution in [2.75, 3.05) is 34.4 Å². The molecule has 1 aliphatic rings. The second kappa shape index (κ2) is 8.74. The highest BCUT2D eigenvalue weighted by atomic mass is 32.1. The van der Waals surface area contributed by atoms with Gasteiger partial charge in [-0.1, -0.05) is 6.07 Å². The number of methoxy groups -OCH3 is 3. The quantitative estimate of drug-likeness (QED) is 0.588. The van der Waals surface area contributed by atoms with Crippen molar-refractivity contribution in [3.05, 3.63) is 41.1 Å². The van der Waals surface area contributed by atoms with Crippen LogP contribution in [0.5, 0.6) is 17.2 Å². The molecule has 0 N–H and O–H groups in total. The zero-order valence-corrected chi connectivity index (χ0v) is 17.9. The first-order valence-corrected chi connectivity index (χ1v) is 10.5. The molecule has 0 bridgehead atoms. The fourth-order valence-corrected chi connectivity index (χ4v) is 4.29. The highest BCUT2D eigenvalue weighted by molar-refractivity contribution is 7.13. The fraction of sp³-hybridized carbons (Fsp3) is 0.381. The van der Waals surface area contributed by atoms with Crippen molar-refractivity contribution in [1.82, 2.24) is 15.1 Å². The molecular weight excluding hydrogens is 406 g/mol. The van der Waals surface area contributed by atoms with Crippen molar-refractivity contribution < 1.29 is 23.4 Å². The van der Waals surface area contributed by atoms with E-state index in [1.807, 2.05) is 22.4 Å². The summed E-state index contributed by atoms with van der Waals surface area (Å²) >= 11 is 1.55. The van der Waals surface area contributed by atoms with Gasteiger partial charge in [0.05, 0.1) is 32.1 Å². The van der Waals surface area contributed by atoms with Crippen LogP contribution in [0.1, 0.15) is 35.0 Å². The molecule has 4 rings (SSSR count). The van der Waals surface area contributed by atoms with Crippen molar-refractivity contribution >= 4 is 17.2 Å². The summed E-state index contributed by atoms with van der Waals surface area (Å²) in [5.74, 6) is 2.36. The molecule has 0 radical (unpaired) electrons. The third-order valence-electron chi connectivity index (χ3n) is 5.14. The first-order valence-electron chi connectivity index (χ1n) is 9.61. The van der Waals surface area contributed by atoms with Gasteiger partial charge in [-0.3, -0.25) is 4.79 Å². The van der Waals surface area contributed by atoms with Gasteiger partial charge in [-0.25, -0.2) is 0 Å². The molecule has 1 atom stereocenters. The van der Waals surface area contributed by atoms with Crippen LogP contribution in [0.2, 0.25) is 0 Å². The summed E-state index contributed by atoms with van der Waals surface area (Å²) in [6.45, 7) is 1.18. The van der Waals surface area contributed by atoms with Crippen LogP contribution in [0.3, 0.4) is 0 Å². The Labute approximate surface area is 178 Å². The van der Waals surface area contributed by atoms with E-state index < -0.39 is 0 Å². The molecule has 1 aromatic carbocycles. The number of carbonyl (C=O) groups is 1. The van der Waals surface area contributed by atoms with E-state index in [1.54, 1.807) is 23.5 Å². The number of hydrogen-bond acceptors (Lipinski definition) is 8. The third-order valence-corrected chi connectivity index (χ3v) is 6.00. The summed E-state index contributed by atoms with van der Waals surface area (Å²) in [6, 6.07) is 7.25. The Morgan fingerprint density at radius 1 is 1.17 bits per heavy atom. The molecule has 0 unspecified atom stereocenters. The number of rotatable bonds is 6. The van der Waals surface area contributed by atoms with Gasteiger partial charge in [0.25, 0.3) is 11.8 Å². The van der Waals surface area contributed by atoms with Gasteiger partial charge >= 0.3 is 0 Å². The Bertz CT molecular complexity index is 993. The highest BCUT2D eigenvalue weighted by Crippen LogP contribution is 2.39. The van der Waals surface area contributed by atoms with E-state index in [-0.39, 0.29) is 11.8 Å². The van der Waals surface area contributed by atoms with Crippen LogP contribution >= 0.6 is 11.3 Å². The molecule has 9 heteroatoms. The average molecular weight is 429 g/mol. The lowest BCUT2D eigenvalue weighted by Gasteiger charge is -2.31. The maximum absolute atomic E-state index is 13.2. The number of carbonyl (C=O) groups excluding carboxylic acids is 1. The number of amides is 1. The largest absolute Gasteiger partial charge is 0.493 e. The van der Waals surface area contributed by atoms with Gasteiger partial charge in [-0.2, -0.15) is 0 Å². The Morgan fingerprint density at radius 3 is 2.57 bits per heavy atom. The van der Waals surface area contributed by atoms with E-state index >= 15 is 0 Å². The molecule has 1 fully saturated rings. The monoisotopic (exact) mass is 429 g/mol. The van der Waals surface area contributed by atoms with Gasteiger partial charge in [0.2, 0.25) is 11.6 Å². The Hall–Kier alpha value is -3.07. The number of hydrogen-bond donors (Lipinski definition) is 0. The molecule has 3 heterocycles. The number of piperidine rings is 1. The Kier molecular flexibility index (Phi) is 5.89. The summed E-state index contributed by atoms with van der Waals surface area (Å²) < 4.78 is 22.0. The first-order chi connectivity index (χ1) is 14.6. The van der Waals surface area contributed by atoms with Crippen LogP contribution in [-0.4, -0.2) is 55.4 Å². The second-order valence-corrected chi connectivity index (χ2v) is 7.87. The van der Waals surface area contributed by atoms with Crippen molar-refractivity contribution in [1.29, 1.82) is 0 Å². The molecule has 1 amide bonds. The summed E-state index contributed by atoms with van der Waals surface area (Å²) in [6.07, 6.45) is 1.75. The molecular formula is C21H23N3O5S. The molecule has 0 saturated carbocycles. The van der Waals surface area contributed by atoms with E-state index in [0.717, 1.165) is 17.7 Å². The fourth-order valence-electron chi connectivity index (χ4n) is 3.65.